The monoisotopic (exact) mass is 690 g/mol. The van der Waals surface area contributed by atoms with Crippen LogP contribution in [0.15, 0.2) is 60.7 Å². The maximum absolute atomic E-state index is 12.9. The normalized spacial score (nSPS) is 16.9. The van der Waals surface area contributed by atoms with E-state index in [2.05, 4.69) is 36.0 Å². The molecule has 1 aromatic heterocycles. The average molecular weight is 691 g/mol. The van der Waals surface area contributed by atoms with E-state index in [0.717, 1.165) is 97.8 Å². The highest BCUT2D eigenvalue weighted by atomic mass is 16.2. The summed E-state index contributed by atoms with van der Waals surface area (Å²) in [6, 6.07) is 19.4. The molecular weight excluding hydrogens is 640 g/mol. The number of benzene rings is 3. The molecule has 268 valence electrons. The highest BCUT2D eigenvalue weighted by molar-refractivity contribution is 6.10. The predicted octanol–water partition coefficient (Wildman–Crippen LogP) is 6.40. The first kappa shape index (κ1) is 34.9. The van der Waals surface area contributed by atoms with Gasteiger partial charge < -0.3 is 36.0 Å². The molecule has 0 radical (unpaired) electrons. The van der Waals surface area contributed by atoms with E-state index in [0.29, 0.717) is 30.6 Å². The van der Waals surface area contributed by atoms with Crippen molar-refractivity contribution < 1.29 is 14.4 Å². The second kappa shape index (κ2) is 16.6. The number of pyridine rings is 1. The van der Waals surface area contributed by atoms with Crippen LogP contribution >= 0.6 is 0 Å². The zero-order valence-corrected chi connectivity index (χ0v) is 29.5. The fourth-order valence-electron chi connectivity index (χ4n) is 7.49. The van der Waals surface area contributed by atoms with Crippen molar-refractivity contribution in [3.8, 4) is 0 Å². The Balaban J connectivity index is 1.09. The van der Waals surface area contributed by atoms with Crippen LogP contribution in [0.5, 0.6) is 0 Å². The Hall–Kier alpha value is -4.58. The van der Waals surface area contributed by atoms with Gasteiger partial charge in [-0.1, -0.05) is 0 Å². The topological polar surface area (TPSA) is 122 Å². The van der Waals surface area contributed by atoms with Gasteiger partial charge >= 0.3 is 0 Å². The van der Waals surface area contributed by atoms with E-state index >= 15 is 0 Å². The summed E-state index contributed by atoms with van der Waals surface area (Å²) < 4.78 is 0. The van der Waals surface area contributed by atoms with E-state index < -0.39 is 0 Å². The first-order valence-corrected chi connectivity index (χ1v) is 18.8. The van der Waals surface area contributed by atoms with Gasteiger partial charge in [-0.05, 0) is 138 Å². The van der Waals surface area contributed by atoms with Gasteiger partial charge in [0.1, 0.15) is 0 Å². The van der Waals surface area contributed by atoms with Crippen LogP contribution in [0.2, 0.25) is 0 Å². The number of carbonyl (C=O) groups excluding carboxylic acids is 3. The molecule has 3 aliphatic rings. The van der Waals surface area contributed by atoms with Crippen molar-refractivity contribution in [2.24, 2.45) is 0 Å². The molecule has 11 nitrogen and oxygen atoms in total. The molecule has 3 aromatic carbocycles. The molecule has 51 heavy (non-hydrogen) atoms. The molecule has 4 aromatic rings. The zero-order valence-electron chi connectivity index (χ0n) is 29.5. The Labute approximate surface area is 300 Å². The number of amides is 3. The molecule has 0 atom stereocenters. The van der Waals surface area contributed by atoms with Crippen molar-refractivity contribution in [2.75, 3.05) is 80.2 Å². The lowest BCUT2D eigenvalue weighted by Crippen LogP contribution is -2.25. The molecule has 3 saturated heterocycles. The molecule has 3 amide bonds. The van der Waals surface area contributed by atoms with Crippen LogP contribution in [-0.2, 0) is 14.4 Å². The Morgan fingerprint density at radius 2 is 0.843 bits per heavy atom. The summed E-state index contributed by atoms with van der Waals surface area (Å²) in [6.45, 7) is 8.74. The molecule has 0 spiro atoms. The molecule has 7 rings (SSSR count). The molecule has 0 saturated carbocycles. The van der Waals surface area contributed by atoms with E-state index in [1.165, 1.54) is 38.5 Å². The van der Waals surface area contributed by atoms with Crippen molar-refractivity contribution >= 4 is 68.0 Å². The number of aromatic nitrogens is 1. The summed E-state index contributed by atoms with van der Waals surface area (Å²) in [5, 5.41) is 14.6. The molecule has 3 aliphatic heterocycles. The minimum Gasteiger partial charge on any atom is -0.354 e. The number of hydrogen-bond donors (Lipinski definition) is 4. The van der Waals surface area contributed by atoms with Gasteiger partial charge in [-0.25, -0.2) is 4.98 Å². The molecule has 0 unspecified atom stereocenters. The Morgan fingerprint density at radius 1 is 0.490 bits per heavy atom. The van der Waals surface area contributed by atoms with Gasteiger partial charge in [0.15, 0.2) is 0 Å². The van der Waals surface area contributed by atoms with E-state index in [4.69, 9.17) is 4.98 Å². The minimum absolute atomic E-state index is 0.0115. The number of nitrogens with zero attached hydrogens (tertiary/aromatic N) is 4. The number of fused-ring (bicyclic) bond motifs is 2. The van der Waals surface area contributed by atoms with Crippen LogP contribution in [0.4, 0.5) is 28.4 Å². The van der Waals surface area contributed by atoms with Gasteiger partial charge in [0.25, 0.3) is 0 Å². The second-order valence-corrected chi connectivity index (χ2v) is 14.2. The van der Waals surface area contributed by atoms with E-state index in [9.17, 15) is 14.4 Å². The third-order valence-corrected chi connectivity index (χ3v) is 10.3. The van der Waals surface area contributed by atoms with Gasteiger partial charge in [-0.2, -0.15) is 0 Å². The lowest BCUT2D eigenvalue weighted by molar-refractivity contribution is -0.117. The minimum atomic E-state index is -0.0115. The maximum Gasteiger partial charge on any atom is 0.225 e. The third-order valence-electron chi connectivity index (χ3n) is 10.3. The van der Waals surface area contributed by atoms with Crippen LogP contribution in [0, 0.1) is 0 Å². The summed E-state index contributed by atoms with van der Waals surface area (Å²) in [6.07, 6.45) is 8.61. The van der Waals surface area contributed by atoms with Crippen LogP contribution in [0.3, 0.4) is 0 Å². The summed E-state index contributed by atoms with van der Waals surface area (Å²) in [5.74, 6) is -0.00306. The molecule has 11 heteroatoms. The van der Waals surface area contributed by atoms with Gasteiger partial charge in [0.2, 0.25) is 17.7 Å². The summed E-state index contributed by atoms with van der Waals surface area (Å²) in [7, 11) is 0. The number of likely N-dealkylation sites (tertiary alicyclic amines) is 3. The Bertz CT molecular complexity index is 1750. The quantitative estimate of drug-likeness (QED) is 0.112. The lowest BCUT2D eigenvalue weighted by Gasteiger charge is -2.17. The fraction of sp³-hybridized carbons (Fsp3) is 0.450. The largest absolute Gasteiger partial charge is 0.354 e. The Kier molecular flexibility index (Phi) is 11.4. The lowest BCUT2D eigenvalue weighted by atomic mass is 10.1. The Morgan fingerprint density at radius 3 is 1.25 bits per heavy atom. The number of nitrogens with one attached hydrogen (secondary N) is 4. The van der Waals surface area contributed by atoms with E-state index in [-0.39, 0.29) is 17.7 Å². The zero-order chi connectivity index (χ0) is 35.0. The van der Waals surface area contributed by atoms with Gasteiger partial charge in [0.05, 0.1) is 16.7 Å². The molecule has 0 bridgehead atoms. The summed E-state index contributed by atoms with van der Waals surface area (Å²) in [4.78, 5) is 50.4. The van der Waals surface area contributed by atoms with Crippen LogP contribution in [0.1, 0.15) is 57.8 Å². The van der Waals surface area contributed by atoms with Gasteiger partial charge in [0, 0.05) is 72.4 Å². The SMILES string of the molecule is O=C(CCN1CCCC1)Nc1ccc(Nc2c3ccc(NC(=O)CCN4CCCC4)cc3nc3cc(NC(=O)CCN4CCCC4)ccc23)cc1. The predicted molar refractivity (Wildman–Crippen MR) is 206 cm³/mol. The summed E-state index contributed by atoms with van der Waals surface area (Å²) in [5.41, 5.74) is 5.33. The number of carbonyl (C=O) groups is 3. The molecular formula is C40H50N8O3. The van der Waals surface area contributed by atoms with E-state index in [1.54, 1.807) is 0 Å². The maximum atomic E-state index is 12.9. The van der Waals surface area contributed by atoms with Crippen LogP contribution in [0.25, 0.3) is 21.8 Å². The first-order valence-electron chi connectivity index (χ1n) is 18.8. The molecule has 4 N–H and O–H groups in total. The van der Waals surface area contributed by atoms with Crippen molar-refractivity contribution in [1.29, 1.82) is 0 Å². The van der Waals surface area contributed by atoms with Gasteiger partial charge in [-0.3, -0.25) is 14.4 Å². The number of rotatable bonds is 14. The molecule has 0 aliphatic carbocycles. The third kappa shape index (κ3) is 9.40. The standard InChI is InChI=1S/C40H50N8O3/c49-37(15-24-46-18-1-2-19-46)41-29-7-9-30(10-8-29)44-40-33-13-11-31(42-38(50)16-25-47-20-3-4-21-47)27-35(33)45-36-28-32(12-14-34(36)40)43-39(51)17-26-48-22-5-6-23-48/h7-14,27-28H,1-6,15-26H2,(H,41,49)(H,42,50)(H,43,51)(H,44,45). The number of anilines is 5. The van der Waals surface area contributed by atoms with Crippen LogP contribution in [-0.4, -0.2) is 96.3 Å². The summed E-state index contributed by atoms with van der Waals surface area (Å²) >= 11 is 0. The fourth-order valence-corrected chi connectivity index (χ4v) is 7.49. The smallest absolute Gasteiger partial charge is 0.225 e. The first-order chi connectivity index (χ1) is 24.9. The molecule has 3 fully saturated rings. The average Bonchev–Trinajstić information content (AvgIpc) is 3.95. The molecule has 4 heterocycles. The highest BCUT2D eigenvalue weighted by Crippen LogP contribution is 2.36. The highest BCUT2D eigenvalue weighted by Gasteiger charge is 2.17. The number of hydrogen-bond acceptors (Lipinski definition) is 8. The van der Waals surface area contributed by atoms with Crippen molar-refractivity contribution in [3.05, 3.63) is 60.7 Å². The van der Waals surface area contributed by atoms with Crippen molar-refractivity contribution in [1.82, 2.24) is 19.7 Å². The van der Waals surface area contributed by atoms with Crippen molar-refractivity contribution in [3.63, 3.8) is 0 Å². The second-order valence-electron chi connectivity index (χ2n) is 14.2. The van der Waals surface area contributed by atoms with Gasteiger partial charge in [-0.15, -0.1) is 0 Å². The van der Waals surface area contributed by atoms with E-state index in [1.807, 2.05) is 60.7 Å². The van der Waals surface area contributed by atoms with Crippen LogP contribution < -0.4 is 21.3 Å². The van der Waals surface area contributed by atoms with Crippen molar-refractivity contribution in [2.45, 2.75) is 57.8 Å².